The minimum absolute atomic E-state index is 0.227. The van der Waals surface area contributed by atoms with Crippen molar-refractivity contribution >= 4 is 22.6 Å². The molecule has 0 aliphatic carbocycles. The van der Waals surface area contributed by atoms with Crippen molar-refractivity contribution in [1.82, 2.24) is 5.32 Å². The summed E-state index contributed by atoms with van der Waals surface area (Å²) in [7, 11) is 1.49. The molecule has 0 fully saturated rings. The maximum Gasteiger partial charge on any atom is 0.326 e. The molecule has 1 amide bonds. The third kappa shape index (κ3) is 3.79. The quantitative estimate of drug-likeness (QED) is 0.852. The molecule has 110 valence electrons. The van der Waals surface area contributed by atoms with Crippen LogP contribution in [0.4, 0.5) is 0 Å². The third-order valence-corrected chi connectivity index (χ3v) is 3.23. The van der Waals surface area contributed by atoms with Gasteiger partial charge < -0.3 is 15.2 Å². The number of benzene rings is 2. The van der Waals surface area contributed by atoms with Crippen molar-refractivity contribution < 1.29 is 19.4 Å². The number of hydrogen-bond acceptors (Lipinski definition) is 3. The molecule has 0 heterocycles. The molecule has 0 aliphatic heterocycles. The molecule has 0 bridgehead atoms. The summed E-state index contributed by atoms with van der Waals surface area (Å²) in [4.78, 5) is 23.3. The van der Waals surface area contributed by atoms with Crippen LogP contribution in [0.15, 0.2) is 42.5 Å². The van der Waals surface area contributed by atoms with Crippen LogP contribution in [0.2, 0.25) is 0 Å². The molecule has 0 spiro atoms. The smallest absolute Gasteiger partial charge is 0.326 e. The van der Waals surface area contributed by atoms with Gasteiger partial charge in [0, 0.05) is 25.7 Å². The number of carboxylic acid groups (broad SMARTS) is 1. The lowest BCUT2D eigenvalue weighted by Crippen LogP contribution is -2.41. The number of rotatable bonds is 6. The zero-order valence-corrected chi connectivity index (χ0v) is 11.7. The van der Waals surface area contributed by atoms with Crippen molar-refractivity contribution in [3.05, 3.63) is 48.0 Å². The first-order valence-corrected chi connectivity index (χ1v) is 6.63. The van der Waals surface area contributed by atoms with Crippen molar-refractivity contribution in [3.63, 3.8) is 0 Å². The molecule has 2 N–H and O–H groups in total. The maximum atomic E-state index is 12.2. The van der Waals surface area contributed by atoms with Crippen LogP contribution >= 0.6 is 0 Å². The summed E-state index contributed by atoms with van der Waals surface area (Å²) in [6.45, 7) is 0.273. The molecule has 0 radical (unpaired) electrons. The van der Waals surface area contributed by atoms with Crippen molar-refractivity contribution in [2.45, 2.75) is 12.5 Å². The van der Waals surface area contributed by atoms with Gasteiger partial charge in [0.1, 0.15) is 6.04 Å². The average molecular weight is 287 g/mol. The molecule has 1 atom stereocenters. The van der Waals surface area contributed by atoms with Crippen LogP contribution in [0.1, 0.15) is 16.8 Å². The number of carbonyl (C=O) groups excluding carboxylic acids is 1. The van der Waals surface area contributed by atoms with Crippen molar-refractivity contribution in [3.8, 4) is 0 Å². The number of fused-ring (bicyclic) bond motifs is 1. The molecule has 2 aromatic carbocycles. The fourth-order valence-electron chi connectivity index (χ4n) is 2.07. The van der Waals surface area contributed by atoms with Gasteiger partial charge in [-0.1, -0.05) is 30.3 Å². The van der Waals surface area contributed by atoms with Gasteiger partial charge >= 0.3 is 5.97 Å². The normalized spacial score (nSPS) is 12.0. The summed E-state index contributed by atoms with van der Waals surface area (Å²) in [5, 5.41) is 13.6. The number of ether oxygens (including phenoxy) is 1. The highest BCUT2D eigenvalue weighted by Crippen LogP contribution is 2.15. The number of nitrogens with one attached hydrogen (secondary N) is 1. The molecule has 0 saturated carbocycles. The lowest BCUT2D eigenvalue weighted by molar-refractivity contribution is -0.139. The summed E-state index contributed by atoms with van der Waals surface area (Å²) in [5.74, 6) is -1.47. The van der Waals surface area contributed by atoms with Crippen LogP contribution in [-0.4, -0.2) is 36.7 Å². The van der Waals surface area contributed by atoms with Crippen LogP contribution in [0, 0.1) is 0 Å². The van der Waals surface area contributed by atoms with Crippen LogP contribution < -0.4 is 5.32 Å². The Morgan fingerprint density at radius 3 is 2.57 bits per heavy atom. The first-order chi connectivity index (χ1) is 10.1. The minimum atomic E-state index is -1.07. The van der Waals surface area contributed by atoms with Crippen molar-refractivity contribution in [1.29, 1.82) is 0 Å². The molecule has 0 aromatic heterocycles. The Hall–Kier alpha value is -2.40. The van der Waals surface area contributed by atoms with Crippen molar-refractivity contribution in [2.24, 2.45) is 0 Å². The van der Waals surface area contributed by atoms with E-state index in [4.69, 9.17) is 9.84 Å². The largest absolute Gasteiger partial charge is 0.480 e. The molecule has 2 aromatic rings. The van der Waals surface area contributed by atoms with E-state index in [9.17, 15) is 9.59 Å². The Kier molecular flexibility index (Phi) is 4.90. The van der Waals surface area contributed by atoms with Crippen LogP contribution in [0.5, 0.6) is 0 Å². The first-order valence-electron chi connectivity index (χ1n) is 6.63. The summed E-state index contributed by atoms with van der Waals surface area (Å²) in [6.07, 6.45) is 0.227. The second kappa shape index (κ2) is 6.85. The van der Waals surface area contributed by atoms with Crippen LogP contribution in [-0.2, 0) is 9.53 Å². The fourth-order valence-corrected chi connectivity index (χ4v) is 2.07. The Labute approximate surface area is 122 Å². The van der Waals surface area contributed by atoms with Crippen molar-refractivity contribution in [2.75, 3.05) is 13.7 Å². The van der Waals surface area contributed by atoms with E-state index >= 15 is 0 Å². The first kappa shape index (κ1) is 15.0. The maximum absolute atomic E-state index is 12.2. The second-order valence-electron chi connectivity index (χ2n) is 4.71. The molecule has 2 rings (SSSR count). The summed E-state index contributed by atoms with van der Waals surface area (Å²) >= 11 is 0. The number of carbonyl (C=O) groups is 2. The van der Waals surface area contributed by atoms with Crippen LogP contribution in [0.25, 0.3) is 10.8 Å². The Morgan fingerprint density at radius 1 is 1.19 bits per heavy atom. The van der Waals surface area contributed by atoms with E-state index in [1.54, 1.807) is 12.1 Å². The van der Waals surface area contributed by atoms with Gasteiger partial charge in [0.2, 0.25) is 0 Å². The van der Waals surface area contributed by atoms with Gasteiger partial charge in [-0.25, -0.2) is 4.79 Å². The summed E-state index contributed by atoms with van der Waals surface area (Å²) < 4.78 is 4.85. The van der Waals surface area contributed by atoms with E-state index in [-0.39, 0.29) is 13.0 Å². The Bertz CT molecular complexity index is 654. The number of carboxylic acids is 1. The predicted octanol–water partition coefficient (Wildman–Crippen LogP) is 2.06. The van der Waals surface area contributed by atoms with E-state index in [1.165, 1.54) is 7.11 Å². The molecule has 5 heteroatoms. The van der Waals surface area contributed by atoms with Gasteiger partial charge in [0.15, 0.2) is 0 Å². The van der Waals surface area contributed by atoms with Gasteiger partial charge in [-0.3, -0.25) is 4.79 Å². The zero-order chi connectivity index (χ0) is 15.2. The van der Waals surface area contributed by atoms with E-state index < -0.39 is 17.9 Å². The summed E-state index contributed by atoms with van der Waals surface area (Å²) in [5.41, 5.74) is 0.442. The number of hydrogen-bond donors (Lipinski definition) is 2. The van der Waals surface area contributed by atoms with Gasteiger partial charge in [0.05, 0.1) is 0 Å². The number of aliphatic carboxylic acids is 1. The fraction of sp³-hybridized carbons (Fsp3) is 0.250. The molecule has 0 saturated heterocycles. The minimum Gasteiger partial charge on any atom is -0.480 e. The highest BCUT2D eigenvalue weighted by molar-refractivity contribution is 6.00. The van der Waals surface area contributed by atoms with Gasteiger partial charge in [-0.2, -0.15) is 0 Å². The van der Waals surface area contributed by atoms with E-state index in [2.05, 4.69) is 5.32 Å². The highest BCUT2D eigenvalue weighted by Gasteiger charge is 2.20. The van der Waals surface area contributed by atoms with E-state index in [1.807, 2.05) is 30.3 Å². The predicted molar refractivity (Wildman–Crippen MR) is 79.3 cm³/mol. The molecular weight excluding hydrogens is 270 g/mol. The Balaban J connectivity index is 2.15. The Morgan fingerprint density at radius 2 is 1.90 bits per heavy atom. The number of methoxy groups -OCH3 is 1. The SMILES string of the molecule is COCCC(NC(=O)c1ccc2ccccc2c1)C(=O)O. The average Bonchev–Trinajstić information content (AvgIpc) is 2.50. The van der Waals surface area contributed by atoms with Crippen LogP contribution in [0.3, 0.4) is 0 Å². The topological polar surface area (TPSA) is 75.6 Å². The molecular formula is C16H17NO4. The van der Waals surface area contributed by atoms with Gasteiger partial charge in [-0.05, 0) is 22.9 Å². The standard InChI is InChI=1S/C16H17NO4/c1-21-9-8-14(16(19)20)17-15(18)13-7-6-11-4-2-3-5-12(11)10-13/h2-7,10,14H,8-9H2,1H3,(H,17,18)(H,19,20). The second-order valence-corrected chi connectivity index (χ2v) is 4.71. The molecule has 21 heavy (non-hydrogen) atoms. The zero-order valence-electron chi connectivity index (χ0n) is 11.7. The molecule has 0 aliphatic rings. The molecule has 5 nitrogen and oxygen atoms in total. The van der Waals surface area contributed by atoms with Gasteiger partial charge in [0.25, 0.3) is 5.91 Å². The lowest BCUT2D eigenvalue weighted by Gasteiger charge is -2.14. The monoisotopic (exact) mass is 287 g/mol. The van der Waals surface area contributed by atoms with Gasteiger partial charge in [-0.15, -0.1) is 0 Å². The summed E-state index contributed by atoms with van der Waals surface area (Å²) in [6, 6.07) is 12.0. The van der Waals surface area contributed by atoms with E-state index in [0.717, 1.165) is 10.8 Å². The molecule has 1 unspecified atom stereocenters. The number of amides is 1. The van der Waals surface area contributed by atoms with E-state index in [0.29, 0.717) is 5.56 Å². The highest BCUT2D eigenvalue weighted by atomic mass is 16.5. The third-order valence-electron chi connectivity index (χ3n) is 3.23. The lowest BCUT2D eigenvalue weighted by atomic mass is 10.1.